The van der Waals surface area contributed by atoms with Crippen LogP contribution in [0.25, 0.3) is 0 Å². The first kappa shape index (κ1) is 16.9. The van der Waals surface area contributed by atoms with Crippen LogP contribution in [-0.4, -0.2) is 23.0 Å². The summed E-state index contributed by atoms with van der Waals surface area (Å²) in [6, 6.07) is 2.58. The number of carboxylic acid groups (broad SMARTS) is 1. The van der Waals surface area contributed by atoms with E-state index in [2.05, 4.69) is 5.32 Å². The van der Waals surface area contributed by atoms with E-state index in [1.165, 1.54) is 26.0 Å². The number of carbonyl (C=O) groups is 3. The molecule has 0 bridgehead atoms. The number of benzene rings is 1. The van der Waals surface area contributed by atoms with Gasteiger partial charge < -0.3 is 10.4 Å². The summed E-state index contributed by atoms with van der Waals surface area (Å²) in [6.07, 6.45) is -0.395. The van der Waals surface area contributed by atoms with Crippen LogP contribution in [0.1, 0.15) is 20.3 Å². The van der Waals surface area contributed by atoms with Crippen LogP contribution in [0.2, 0.25) is 5.02 Å². The molecule has 0 aliphatic heterocycles. The summed E-state index contributed by atoms with van der Waals surface area (Å²) in [4.78, 5) is 34.0. The zero-order valence-corrected chi connectivity index (χ0v) is 12.1. The molecule has 1 aromatic carbocycles. The highest BCUT2D eigenvalue weighted by atomic mass is 35.5. The van der Waals surface area contributed by atoms with Gasteiger partial charge in [0.25, 0.3) is 0 Å². The second-order valence-corrected chi connectivity index (χ2v) is 5.43. The van der Waals surface area contributed by atoms with Gasteiger partial charge >= 0.3 is 12.0 Å². The highest BCUT2D eigenvalue weighted by Gasteiger charge is 2.30. The van der Waals surface area contributed by atoms with E-state index >= 15 is 0 Å². The molecule has 1 aromatic rings. The molecule has 0 aliphatic carbocycles. The summed E-state index contributed by atoms with van der Waals surface area (Å²) in [7, 11) is 0. The number of carbonyl (C=O) groups excluding carboxylic acids is 2. The molecule has 0 aromatic heterocycles. The molecule has 0 saturated carbocycles. The number of imide groups is 1. The van der Waals surface area contributed by atoms with Crippen LogP contribution in [0.15, 0.2) is 18.2 Å². The van der Waals surface area contributed by atoms with Crippen LogP contribution in [0.4, 0.5) is 14.9 Å². The maximum absolute atomic E-state index is 13.4. The molecule has 6 nitrogen and oxygen atoms in total. The summed E-state index contributed by atoms with van der Waals surface area (Å²) in [5.74, 6) is -2.67. The van der Waals surface area contributed by atoms with E-state index in [1.807, 2.05) is 5.32 Å². The Labute approximate surface area is 125 Å². The number of urea groups is 1. The summed E-state index contributed by atoms with van der Waals surface area (Å²) in [5, 5.41) is 13.1. The Hall–Kier alpha value is -2.15. The van der Waals surface area contributed by atoms with Gasteiger partial charge in [0.05, 0.1) is 11.1 Å². The Kier molecular flexibility index (Phi) is 5.26. The summed E-state index contributed by atoms with van der Waals surface area (Å²) >= 11 is 5.66. The molecule has 0 unspecified atom stereocenters. The highest BCUT2D eigenvalue weighted by molar-refractivity contribution is 6.30. The minimum Gasteiger partial charge on any atom is -0.481 e. The molecular formula is C13H14ClFN2O4. The van der Waals surface area contributed by atoms with Crippen molar-refractivity contribution in [1.82, 2.24) is 5.32 Å². The van der Waals surface area contributed by atoms with Gasteiger partial charge in [-0.1, -0.05) is 11.6 Å². The van der Waals surface area contributed by atoms with Crippen LogP contribution in [-0.2, 0) is 9.59 Å². The fourth-order valence-electron chi connectivity index (χ4n) is 1.39. The largest absolute Gasteiger partial charge is 0.481 e. The Balaban J connectivity index is 2.64. The lowest BCUT2D eigenvalue weighted by atomic mass is 9.89. The molecule has 0 spiro atoms. The number of hydrogen-bond acceptors (Lipinski definition) is 3. The van der Waals surface area contributed by atoms with Gasteiger partial charge in [-0.15, -0.1) is 0 Å². The van der Waals surface area contributed by atoms with Gasteiger partial charge in [0.2, 0.25) is 5.91 Å². The van der Waals surface area contributed by atoms with E-state index in [9.17, 15) is 18.8 Å². The molecule has 0 aliphatic rings. The highest BCUT2D eigenvalue weighted by Crippen LogP contribution is 2.21. The standard InChI is InChI=1S/C13H14ClFN2O4/c1-13(2,11(19)20)6-10(18)17-12(21)16-9-5-7(14)3-4-8(9)15/h3-5H,6H2,1-2H3,(H,19,20)(H2,16,17,18,21). The van der Waals surface area contributed by atoms with Crippen LogP contribution in [0, 0.1) is 11.2 Å². The van der Waals surface area contributed by atoms with Crippen molar-refractivity contribution in [1.29, 1.82) is 0 Å². The second kappa shape index (κ2) is 6.53. The minimum absolute atomic E-state index is 0.190. The third-order valence-corrected chi connectivity index (χ3v) is 2.85. The van der Waals surface area contributed by atoms with Gasteiger partial charge in [0.1, 0.15) is 5.82 Å². The van der Waals surface area contributed by atoms with E-state index in [0.29, 0.717) is 0 Å². The summed E-state index contributed by atoms with van der Waals surface area (Å²) < 4.78 is 13.4. The predicted octanol–water partition coefficient (Wildman–Crippen LogP) is 2.63. The third-order valence-electron chi connectivity index (χ3n) is 2.61. The smallest absolute Gasteiger partial charge is 0.325 e. The maximum atomic E-state index is 13.4. The number of anilines is 1. The topological polar surface area (TPSA) is 95.5 Å². The predicted molar refractivity (Wildman–Crippen MR) is 74.6 cm³/mol. The van der Waals surface area contributed by atoms with Crippen molar-refractivity contribution in [3.05, 3.63) is 29.0 Å². The first-order valence-electron chi connectivity index (χ1n) is 5.91. The molecule has 0 heterocycles. The monoisotopic (exact) mass is 316 g/mol. The number of aliphatic carboxylic acids is 1. The average molecular weight is 317 g/mol. The molecule has 0 fully saturated rings. The van der Waals surface area contributed by atoms with Crippen molar-refractivity contribution in [2.24, 2.45) is 5.41 Å². The minimum atomic E-state index is -1.31. The van der Waals surface area contributed by atoms with Gasteiger partial charge in [0, 0.05) is 11.4 Å². The number of carboxylic acids is 1. The van der Waals surface area contributed by atoms with E-state index in [0.717, 1.165) is 6.07 Å². The maximum Gasteiger partial charge on any atom is 0.325 e. The number of nitrogens with one attached hydrogen (secondary N) is 2. The van der Waals surface area contributed by atoms with Crippen molar-refractivity contribution in [3.8, 4) is 0 Å². The zero-order valence-electron chi connectivity index (χ0n) is 11.4. The molecule has 0 saturated heterocycles. The Morgan fingerprint density at radius 1 is 1.33 bits per heavy atom. The van der Waals surface area contributed by atoms with E-state index in [-0.39, 0.29) is 10.7 Å². The molecule has 114 valence electrons. The van der Waals surface area contributed by atoms with Crippen molar-refractivity contribution < 1.29 is 23.9 Å². The van der Waals surface area contributed by atoms with E-state index in [4.69, 9.17) is 16.7 Å². The molecule has 8 heteroatoms. The molecule has 0 radical (unpaired) electrons. The molecule has 21 heavy (non-hydrogen) atoms. The van der Waals surface area contributed by atoms with Crippen molar-refractivity contribution in [2.45, 2.75) is 20.3 Å². The average Bonchev–Trinajstić information content (AvgIpc) is 2.32. The van der Waals surface area contributed by atoms with Crippen LogP contribution in [0.3, 0.4) is 0 Å². The Bertz CT molecular complexity index is 590. The number of amides is 3. The van der Waals surface area contributed by atoms with Crippen LogP contribution < -0.4 is 10.6 Å². The van der Waals surface area contributed by atoms with E-state index < -0.39 is 35.6 Å². The number of hydrogen-bond donors (Lipinski definition) is 3. The second-order valence-electron chi connectivity index (χ2n) is 4.99. The first-order chi connectivity index (χ1) is 9.61. The number of rotatable bonds is 4. The molecule has 3 amide bonds. The fraction of sp³-hybridized carbons (Fsp3) is 0.308. The number of halogens is 2. The van der Waals surface area contributed by atoms with Gasteiger partial charge in [0.15, 0.2) is 0 Å². The Morgan fingerprint density at radius 2 is 1.95 bits per heavy atom. The lowest BCUT2D eigenvalue weighted by molar-refractivity contribution is -0.149. The van der Waals surface area contributed by atoms with Gasteiger partial charge in [-0.05, 0) is 32.0 Å². The molecule has 1 rings (SSSR count). The SMILES string of the molecule is CC(C)(CC(=O)NC(=O)Nc1cc(Cl)ccc1F)C(=O)O. The quantitative estimate of drug-likeness (QED) is 0.795. The van der Waals surface area contributed by atoms with Crippen LogP contribution >= 0.6 is 11.6 Å². The van der Waals surface area contributed by atoms with Gasteiger partial charge in [-0.25, -0.2) is 9.18 Å². The molecule has 3 N–H and O–H groups in total. The normalized spacial score (nSPS) is 10.9. The molecular weight excluding hydrogens is 303 g/mol. The van der Waals surface area contributed by atoms with E-state index in [1.54, 1.807) is 0 Å². The lowest BCUT2D eigenvalue weighted by Crippen LogP contribution is -2.38. The zero-order chi connectivity index (χ0) is 16.2. The lowest BCUT2D eigenvalue weighted by Gasteiger charge is -2.17. The molecule has 0 atom stereocenters. The third kappa shape index (κ3) is 5.03. The summed E-state index contributed by atoms with van der Waals surface area (Å²) in [5.41, 5.74) is -1.50. The van der Waals surface area contributed by atoms with Crippen molar-refractivity contribution in [2.75, 3.05) is 5.32 Å². The summed E-state index contributed by atoms with van der Waals surface area (Å²) in [6.45, 7) is 2.70. The first-order valence-corrected chi connectivity index (χ1v) is 6.29. The fourth-order valence-corrected chi connectivity index (χ4v) is 1.57. The van der Waals surface area contributed by atoms with Crippen molar-refractivity contribution >= 4 is 35.2 Å². The van der Waals surface area contributed by atoms with Gasteiger partial charge in [-0.2, -0.15) is 0 Å². The Morgan fingerprint density at radius 3 is 2.52 bits per heavy atom. The van der Waals surface area contributed by atoms with Crippen molar-refractivity contribution in [3.63, 3.8) is 0 Å². The van der Waals surface area contributed by atoms with Gasteiger partial charge in [-0.3, -0.25) is 14.9 Å². The van der Waals surface area contributed by atoms with Crippen LogP contribution in [0.5, 0.6) is 0 Å².